The number of hydrogen-bond acceptors (Lipinski definition) is 5. The van der Waals surface area contributed by atoms with Crippen molar-refractivity contribution in [3.8, 4) is 17.2 Å². The highest BCUT2D eigenvalue weighted by molar-refractivity contribution is 5.87. The van der Waals surface area contributed by atoms with Crippen LogP contribution in [0.4, 0.5) is 0 Å². The summed E-state index contributed by atoms with van der Waals surface area (Å²) in [4.78, 5) is 15.3. The summed E-state index contributed by atoms with van der Waals surface area (Å²) in [6, 6.07) is 10.4. The lowest BCUT2D eigenvalue weighted by atomic mass is 9.89. The van der Waals surface area contributed by atoms with Crippen LogP contribution >= 0.6 is 0 Å². The maximum atomic E-state index is 11.8. The number of aromatic nitrogens is 1. The number of para-hydroxylation sites is 1. The number of methoxy groups -OCH3 is 3. The third-order valence-corrected chi connectivity index (χ3v) is 5.26. The Morgan fingerprint density at radius 3 is 2.39 bits per heavy atom. The van der Waals surface area contributed by atoms with Gasteiger partial charge in [-0.1, -0.05) is 18.2 Å². The minimum Gasteiger partial charge on any atom is -0.496 e. The van der Waals surface area contributed by atoms with Gasteiger partial charge >= 0.3 is 5.97 Å². The number of rotatable bonds is 5. The zero-order valence-corrected chi connectivity index (χ0v) is 15.9. The summed E-state index contributed by atoms with van der Waals surface area (Å²) >= 11 is 0. The van der Waals surface area contributed by atoms with Crippen LogP contribution in [-0.4, -0.2) is 43.4 Å². The molecule has 1 aromatic heterocycles. The van der Waals surface area contributed by atoms with Crippen LogP contribution in [0.5, 0.6) is 17.2 Å². The Hall–Kier alpha value is -3.19. The van der Waals surface area contributed by atoms with E-state index >= 15 is 0 Å². The molecule has 2 aromatic carbocycles. The van der Waals surface area contributed by atoms with Gasteiger partial charge in [-0.2, -0.15) is 0 Å². The first-order chi connectivity index (χ1) is 13.6. The Balaban J connectivity index is 1.93. The van der Waals surface area contributed by atoms with Crippen LogP contribution in [0, 0.1) is 0 Å². The molecular formula is C21H22N2O5. The monoisotopic (exact) mass is 382 g/mol. The van der Waals surface area contributed by atoms with Crippen LogP contribution in [0.1, 0.15) is 22.9 Å². The first kappa shape index (κ1) is 18.2. The van der Waals surface area contributed by atoms with Gasteiger partial charge in [0.2, 0.25) is 0 Å². The molecule has 0 amide bonds. The van der Waals surface area contributed by atoms with Crippen LogP contribution in [0.2, 0.25) is 0 Å². The third-order valence-electron chi connectivity index (χ3n) is 5.26. The molecule has 1 aliphatic heterocycles. The van der Waals surface area contributed by atoms with Gasteiger partial charge in [0, 0.05) is 34.6 Å². The van der Waals surface area contributed by atoms with Gasteiger partial charge in [-0.05, 0) is 17.7 Å². The van der Waals surface area contributed by atoms with E-state index in [2.05, 4.69) is 10.3 Å². The van der Waals surface area contributed by atoms with Crippen LogP contribution < -0.4 is 19.5 Å². The van der Waals surface area contributed by atoms with E-state index in [1.807, 2.05) is 30.3 Å². The standard InChI is InChI=1S/C21H22N2O5/c1-26-16-10-18(28-3)17(27-2)9-13(16)20-19-12(8-15(23-20)21(24)25)11-6-4-5-7-14(11)22-19/h4-7,9-10,15,20,22-23H,8H2,1-3H3,(H,24,25). The summed E-state index contributed by atoms with van der Waals surface area (Å²) in [7, 11) is 4.71. The highest BCUT2D eigenvalue weighted by Crippen LogP contribution is 2.42. The normalized spacial score (nSPS) is 18.5. The number of aromatic amines is 1. The average molecular weight is 382 g/mol. The van der Waals surface area contributed by atoms with E-state index in [1.54, 1.807) is 27.4 Å². The molecule has 2 heterocycles. The van der Waals surface area contributed by atoms with E-state index in [9.17, 15) is 9.90 Å². The smallest absolute Gasteiger partial charge is 0.321 e. The number of H-pyrrole nitrogens is 1. The van der Waals surface area contributed by atoms with Crippen molar-refractivity contribution in [2.45, 2.75) is 18.5 Å². The lowest BCUT2D eigenvalue weighted by molar-refractivity contribution is -0.139. The van der Waals surface area contributed by atoms with Crippen LogP contribution in [-0.2, 0) is 11.2 Å². The molecule has 2 atom stereocenters. The molecule has 0 radical (unpaired) electrons. The second-order valence-electron chi connectivity index (χ2n) is 6.71. The van der Waals surface area contributed by atoms with Crippen molar-refractivity contribution < 1.29 is 24.1 Å². The molecule has 0 fully saturated rings. The zero-order chi connectivity index (χ0) is 19.8. The van der Waals surface area contributed by atoms with Gasteiger partial charge < -0.3 is 24.3 Å². The van der Waals surface area contributed by atoms with Crippen LogP contribution in [0.25, 0.3) is 10.9 Å². The van der Waals surface area contributed by atoms with Gasteiger partial charge in [-0.15, -0.1) is 0 Å². The molecule has 0 saturated carbocycles. The van der Waals surface area contributed by atoms with E-state index in [1.165, 1.54) is 0 Å². The number of carboxylic acid groups (broad SMARTS) is 1. The molecular weight excluding hydrogens is 360 g/mol. The largest absolute Gasteiger partial charge is 0.496 e. The van der Waals surface area contributed by atoms with Crippen molar-refractivity contribution in [3.05, 3.63) is 53.2 Å². The maximum absolute atomic E-state index is 11.8. The quantitative estimate of drug-likeness (QED) is 0.628. The summed E-state index contributed by atoms with van der Waals surface area (Å²) in [6.45, 7) is 0. The van der Waals surface area contributed by atoms with Crippen LogP contribution in [0.3, 0.4) is 0 Å². The molecule has 1 aliphatic rings. The molecule has 28 heavy (non-hydrogen) atoms. The van der Waals surface area contributed by atoms with Crippen LogP contribution in [0.15, 0.2) is 36.4 Å². The molecule has 7 nitrogen and oxygen atoms in total. The summed E-state index contributed by atoms with van der Waals surface area (Å²) in [5.74, 6) is 0.798. The Morgan fingerprint density at radius 2 is 1.71 bits per heavy atom. The number of carboxylic acids is 1. The number of fused-ring (bicyclic) bond motifs is 3. The number of aliphatic carboxylic acids is 1. The van der Waals surface area contributed by atoms with Crippen molar-refractivity contribution in [2.75, 3.05) is 21.3 Å². The molecule has 0 bridgehead atoms. The van der Waals surface area contributed by atoms with Gasteiger partial charge in [0.1, 0.15) is 11.8 Å². The van der Waals surface area contributed by atoms with Crippen molar-refractivity contribution in [1.29, 1.82) is 0 Å². The Labute approximate surface area is 162 Å². The third kappa shape index (κ3) is 2.84. The Morgan fingerprint density at radius 1 is 1.04 bits per heavy atom. The summed E-state index contributed by atoms with van der Waals surface area (Å²) in [5.41, 5.74) is 3.69. The first-order valence-electron chi connectivity index (χ1n) is 8.95. The summed E-state index contributed by atoms with van der Waals surface area (Å²) in [5, 5.41) is 14.0. The van der Waals surface area contributed by atoms with Crippen molar-refractivity contribution in [1.82, 2.24) is 10.3 Å². The fourth-order valence-corrected chi connectivity index (χ4v) is 3.92. The number of ether oxygens (including phenoxy) is 3. The van der Waals surface area contributed by atoms with Gasteiger partial charge in [0.15, 0.2) is 11.5 Å². The summed E-state index contributed by atoms with van der Waals surface area (Å²) in [6.07, 6.45) is 0.404. The molecule has 0 spiro atoms. The second kappa shape index (κ2) is 7.09. The fourth-order valence-electron chi connectivity index (χ4n) is 3.92. The lowest BCUT2D eigenvalue weighted by Gasteiger charge is -2.30. The predicted molar refractivity (Wildman–Crippen MR) is 105 cm³/mol. The molecule has 2 unspecified atom stereocenters. The van der Waals surface area contributed by atoms with Gasteiger partial charge in [-0.3, -0.25) is 10.1 Å². The lowest BCUT2D eigenvalue weighted by Crippen LogP contribution is -2.45. The molecule has 7 heteroatoms. The fraction of sp³-hybridized carbons (Fsp3) is 0.286. The second-order valence-corrected chi connectivity index (χ2v) is 6.71. The average Bonchev–Trinajstić information content (AvgIpc) is 3.10. The highest BCUT2D eigenvalue weighted by atomic mass is 16.5. The van der Waals surface area contributed by atoms with E-state index in [4.69, 9.17) is 14.2 Å². The number of hydrogen-bond donors (Lipinski definition) is 3. The highest BCUT2D eigenvalue weighted by Gasteiger charge is 2.35. The summed E-state index contributed by atoms with van der Waals surface area (Å²) < 4.78 is 16.4. The van der Waals surface area contributed by atoms with E-state index in [0.717, 1.165) is 27.7 Å². The zero-order valence-electron chi connectivity index (χ0n) is 15.9. The topological polar surface area (TPSA) is 92.8 Å². The molecule has 3 N–H and O–H groups in total. The molecule has 3 aromatic rings. The molecule has 4 rings (SSSR count). The Kier molecular flexibility index (Phi) is 4.60. The number of benzene rings is 2. The maximum Gasteiger partial charge on any atom is 0.321 e. The minimum atomic E-state index is -0.889. The van der Waals surface area contributed by atoms with E-state index in [-0.39, 0.29) is 0 Å². The van der Waals surface area contributed by atoms with Crippen molar-refractivity contribution in [3.63, 3.8) is 0 Å². The van der Waals surface area contributed by atoms with Crippen molar-refractivity contribution in [2.24, 2.45) is 0 Å². The van der Waals surface area contributed by atoms with Gasteiger partial charge in [0.05, 0.1) is 27.4 Å². The molecule has 146 valence electrons. The number of nitrogens with one attached hydrogen (secondary N) is 2. The SMILES string of the molecule is COc1cc(OC)c(C2NC(C(=O)O)Cc3c2[nH]c2ccccc32)cc1OC. The van der Waals surface area contributed by atoms with E-state index in [0.29, 0.717) is 23.7 Å². The molecule has 0 aliphatic carbocycles. The number of carbonyl (C=O) groups is 1. The van der Waals surface area contributed by atoms with Crippen molar-refractivity contribution >= 4 is 16.9 Å². The molecule has 0 saturated heterocycles. The Bertz CT molecular complexity index is 1040. The van der Waals surface area contributed by atoms with Gasteiger partial charge in [-0.25, -0.2) is 0 Å². The van der Waals surface area contributed by atoms with Gasteiger partial charge in [0.25, 0.3) is 0 Å². The minimum absolute atomic E-state index is 0.396. The predicted octanol–water partition coefficient (Wildman–Crippen LogP) is 2.88. The first-order valence-corrected chi connectivity index (χ1v) is 8.95. The van der Waals surface area contributed by atoms with E-state index < -0.39 is 18.1 Å².